The van der Waals surface area contributed by atoms with Gasteiger partial charge in [-0.2, -0.15) is 0 Å². The quantitative estimate of drug-likeness (QED) is 0.869. The van der Waals surface area contributed by atoms with Crippen LogP contribution in [0.3, 0.4) is 0 Å². The standard InChI is InChI=1S/C11H13Cl2NO/c12-8-5-4-7(6-9(8)13)15-11-3-1-2-10(11)14/h4-6,10-11H,1-3,14H2. The van der Waals surface area contributed by atoms with Crippen LogP contribution >= 0.6 is 23.2 Å². The summed E-state index contributed by atoms with van der Waals surface area (Å²) in [5.41, 5.74) is 5.91. The van der Waals surface area contributed by atoms with E-state index >= 15 is 0 Å². The molecule has 0 aromatic heterocycles. The van der Waals surface area contributed by atoms with Crippen molar-refractivity contribution in [2.24, 2.45) is 5.73 Å². The van der Waals surface area contributed by atoms with Crippen molar-refractivity contribution >= 4 is 23.2 Å². The molecular weight excluding hydrogens is 233 g/mol. The number of ether oxygens (including phenoxy) is 1. The molecule has 0 radical (unpaired) electrons. The summed E-state index contributed by atoms with van der Waals surface area (Å²) in [6, 6.07) is 5.42. The highest BCUT2D eigenvalue weighted by atomic mass is 35.5. The van der Waals surface area contributed by atoms with E-state index in [1.54, 1.807) is 12.1 Å². The molecule has 4 heteroatoms. The van der Waals surface area contributed by atoms with Crippen molar-refractivity contribution in [1.29, 1.82) is 0 Å². The summed E-state index contributed by atoms with van der Waals surface area (Å²) in [7, 11) is 0. The molecule has 0 amide bonds. The van der Waals surface area contributed by atoms with Crippen molar-refractivity contribution in [2.75, 3.05) is 0 Å². The molecular formula is C11H13Cl2NO. The van der Waals surface area contributed by atoms with Gasteiger partial charge in [0.05, 0.1) is 10.0 Å². The van der Waals surface area contributed by atoms with Gasteiger partial charge in [-0.05, 0) is 31.4 Å². The van der Waals surface area contributed by atoms with Crippen LogP contribution in [0.4, 0.5) is 0 Å². The first kappa shape index (κ1) is 11.1. The predicted molar refractivity (Wildman–Crippen MR) is 62.7 cm³/mol. The summed E-state index contributed by atoms with van der Waals surface area (Å²) in [6.45, 7) is 0. The van der Waals surface area contributed by atoms with Crippen LogP contribution in [0, 0.1) is 0 Å². The van der Waals surface area contributed by atoms with Gasteiger partial charge in [0.15, 0.2) is 0 Å². The first-order chi connectivity index (χ1) is 7.16. The van der Waals surface area contributed by atoms with Crippen molar-refractivity contribution in [3.05, 3.63) is 28.2 Å². The van der Waals surface area contributed by atoms with Gasteiger partial charge in [0, 0.05) is 12.1 Å². The third kappa shape index (κ3) is 2.57. The van der Waals surface area contributed by atoms with Crippen molar-refractivity contribution in [1.82, 2.24) is 0 Å². The van der Waals surface area contributed by atoms with Gasteiger partial charge in [-0.25, -0.2) is 0 Å². The molecule has 0 bridgehead atoms. The van der Waals surface area contributed by atoms with E-state index in [1.165, 1.54) is 0 Å². The van der Waals surface area contributed by atoms with Crippen LogP contribution in [0.25, 0.3) is 0 Å². The van der Waals surface area contributed by atoms with E-state index in [4.69, 9.17) is 33.7 Å². The van der Waals surface area contributed by atoms with Gasteiger partial charge < -0.3 is 10.5 Å². The van der Waals surface area contributed by atoms with Gasteiger partial charge in [0.25, 0.3) is 0 Å². The molecule has 0 aliphatic heterocycles. The Kier molecular flexibility index (Phi) is 3.39. The third-order valence-electron chi connectivity index (χ3n) is 2.68. The SMILES string of the molecule is NC1CCCC1Oc1ccc(Cl)c(Cl)c1. The Morgan fingerprint density at radius 3 is 2.60 bits per heavy atom. The van der Waals surface area contributed by atoms with E-state index in [1.807, 2.05) is 6.07 Å². The molecule has 1 aromatic rings. The third-order valence-corrected chi connectivity index (χ3v) is 3.42. The van der Waals surface area contributed by atoms with E-state index in [9.17, 15) is 0 Å². The molecule has 2 unspecified atom stereocenters. The molecule has 1 fully saturated rings. The first-order valence-corrected chi connectivity index (χ1v) is 5.79. The molecule has 1 aliphatic carbocycles. The molecule has 0 spiro atoms. The molecule has 1 saturated carbocycles. The Bertz CT molecular complexity index is 356. The predicted octanol–water partition coefficient (Wildman–Crippen LogP) is 3.25. The highest BCUT2D eigenvalue weighted by Crippen LogP contribution is 2.29. The second kappa shape index (κ2) is 4.60. The molecule has 0 heterocycles. The van der Waals surface area contributed by atoms with Crippen LogP contribution in [0.1, 0.15) is 19.3 Å². The maximum atomic E-state index is 5.91. The molecule has 1 aromatic carbocycles. The largest absolute Gasteiger partial charge is 0.489 e. The lowest BCUT2D eigenvalue weighted by Crippen LogP contribution is -2.33. The summed E-state index contributed by atoms with van der Waals surface area (Å²) >= 11 is 11.7. The van der Waals surface area contributed by atoms with Gasteiger partial charge in [0.2, 0.25) is 0 Å². The first-order valence-electron chi connectivity index (χ1n) is 5.04. The monoisotopic (exact) mass is 245 g/mol. The fourth-order valence-electron chi connectivity index (χ4n) is 1.83. The van der Waals surface area contributed by atoms with Crippen LogP contribution in [-0.4, -0.2) is 12.1 Å². The summed E-state index contributed by atoms with van der Waals surface area (Å²) < 4.78 is 5.76. The van der Waals surface area contributed by atoms with Gasteiger partial charge >= 0.3 is 0 Å². The zero-order valence-corrected chi connectivity index (χ0v) is 9.76. The van der Waals surface area contributed by atoms with Gasteiger partial charge in [-0.15, -0.1) is 0 Å². The van der Waals surface area contributed by atoms with E-state index in [-0.39, 0.29) is 12.1 Å². The van der Waals surface area contributed by atoms with Crippen molar-refractivity contribution in [3.63, 3.8) is 0 Å². The minimum atomic E-state index is 0.113. The molecule has 0 saturated heterocycles. The maximum Gasteiger partial charge on any atom is 0.121 e. The van der Waals surface area contributed by atoms with E-state index in [0.29, 0.717) is 10.0 Å². The Morgan fingerprint density at radius 2 is 2.00 bits per heavy atom. The topological polar surface area (TPSA) is 35.2 Å². The van der Waals surface area contributed by atoms with Crippen LogP contribution in [0.15, 0.2) is 18.2 Å². The summed E-state index contributed by atoms with van der Waals surface area (Å²) in [5.74, 6) is 0.742. The van der Waals surface area contributed by atoms with Crippen molar-refractivity contribution in [2.45, 2.75) is 31.4 Å². The normalized spacial score (nSPS) is 25.5. The lowest BCUT2D eigenvalue weighted by Gasteiger charge is -2.18. The lowest BCUT2D eigenvalue weighted by molar-refractivity contribution is 0.191. The van der Waals surface area contributed by atoms with Gasteiger partial charge in [-0.1, -0.05) is 23.2 Å². The zero-order chi connectivity index (χ0) is 10.8. The Hall–Kier alpha value is -0.440. The number of halogens is 2. The van der Waals surface area contributed by atoms with E-state index in [2.05, 4.69) is 0 Å². The summed E-state index contributed by atoms with van der Waals surface area (Å²) in [4.78, 5) is 0. The highest BCUT2D eigenvalue weighted by Gasteiger charge is 2.25. The average molecular weight is 246 g/mol. The molecule has 82 valence electrons. The fourth-order valence-corrected chi connectivity index (χ4v) is 2.11. The van der Waals surface area contributed by atoms with Crippen molar-refractivity contribution in [3.8, 4) is 5.75 Å². The number of nitrogens with two attached hydrogens (primary N) is 1. The smallest absolute Gasteiger partial charge is 0.121 e. The number of hydrogen-bond donors (Lipinski definition) is 1. The zero-order valence-electron chi connectivity index (χ0n) is 8.25. The average Bonchev–Trinajstić information content (AvgIpc) is 2.59. The Morgan fingerprint density at radius 1 is 1.20 bits per heavy atom. The second-order valence-electron chi connectivity index (χ2n) is 3.83. The molecule has 15 heavy (non-hydrogen) atoms. The van der Waals surface area contributed by atoms with Gasteiger partial charge in [-0.3, -0.25) is 0 Å². The summed E-state index contributed by atoms with van der Waals surface area (Å²) in [6.07, 6.45) is 3.29. The maximum absolute atomic E-state index is 5.91. The Balaban J connectivity index is 2.07. The minimum absolute atomic E-state index is 0.113. The number of benzene rings is 1. The van der Waals surface area contributed by atoms with Crippen molar-refractivity contribution < 1.29 is 4.74 Å². The van der Waals surface area contributed by atoms with Crippen LogP contribution in [0.5, 0.6) is 5.75 Å². The Labute approximate surface area is 99.3 Å². The second-order valence-corrected chi connectivity index (χ2v) is 4.64. The molecule has 2 atom stereocenters. The molecule has 2 rings (SSSR count). The van der Waals surface area contributed by atoms with Crippen LogP contribution < -0.4 is 10.5 Å². The van der Waals surface area contributed by atoms with Gasteiger partial charge in [0.1, 0.15) is 11.9 Å². The lowest BCUT2D eigenvalue weighted by atomic mass is 10.2. The number of rotatable bonds is 2. The summed E-state index contributed by atoms with van der Waals surface area (Å²) in [5, 5.41) is 1.06. The fraction of sp³-hybridized carbons (Fsp3) is 0.455. The van der Waals surface area contributed by atoms with E-state index in [0.717, 1.165) is 25.0 Å². The molecule has 2 nitrogen and oxygen atoms in total. The highest BCUT2D eigenvalue weighted by molar-refractivity contribution is 6.42. The van der Waals surface area contributed by atoms with E-state index < -0.39 is 0 Å². The minimum Gasteiger partial charge on any atom is -0.489 e. The molecule has 2 N–H and O–H groups in total. The number of hydrogen-bond acceptors (Lipinski definition) is 2. The van der Waals surface area contributed by atoms with Crippen LogP contribution in [0.2, 0.25) is 10.0 Å². The van der Waals surface area contributed by atoms with Crippen LogP contribution in [-0.2, 0) is 0 Å². The molecule has 1 aliphatic rings.